The van der Waals surface area contributed by atoms with Gasteiger partial charge in [0.25, 0.3) is 11.4 Å². The fourth-order valence-electron chi connectivity index (χ4n) is 2.13. The lowest BCUT2D eigenvalue weighted by Gasteiger charge is -1.97. The Morgan fingerprint density at radius 2 is 1.77 bits per heavy atom. The van der Waals surface area contributed by atoms with Crippen molar-refractivity contribution >= 4 is 34.1 Å². The number of benzene rings is 2. The summed E-state index contributed by atoms with van der Waals surface area (Å²) in [6.45, 7) is 0. The third-order valence-corrected chi connectivity index (χ3v) is 4.12. The molecule has 0 amide bonds. The molecule has 1 aromatic heterocycles. The second-order valence-electron chi connectivity index (χ2n) is 5.03. The lowest BCUT2D eigenvalue weighted by Crippen LogP contribution is -1.96. The largest absolute Gasteiger partial charge is 0.278 e. The molecule has 9 nitrogen and oxygen atoms in total. The Bertz CT molecular complexity index is 984. The highest BCUT2D eigenvalue weighted by Gasteiger charge is 2.10. The number of hydrogen-bond acceptors (Lipinski definition) is 8. The summed E-state index contributed by atoms with van der Waals surface area (Å²) >= 11 is 1.30. The van der Waals surface area contributed by atoms with Crippen molar-refractivity contribution in [2.75, 3.05) is 5.43 Å². The van der Waals surface area contributed by atoms with Gasteiger partial charge in [-0.05, 0) is 18.2 Å². The molecule has 130 valence electrons. The van der Waals surface area contributed by atoms with E-state index in [1.165, 1.54) is 35.8 Å². The van der Waals surface area contributed by atoms with E-state index in [0.717, 1.165) is 5.56 Å². The topological polar surface area (TPSA) is 124 Å². The van der Waals surface area contributed by atoms with Crippen LogP contribution < -0.4 is 5.43 Å². The Morgan fingerprint density at radius 3 is 2.46 bits per heavy atom. The molecule has 0 spiro atoms. The summed E-state index contributed by atoms with van der Waals surface area (Å²) in [5.41, 5.74) is 4.45. The number of nitrogens with zero attached hydrogens (tertiary/aromatic N) is 4. The zero-order valence-electron chi connectivity index (χ0n) is 13.1. The van der Waals surface area contributed by atoms with Gasteiger partial charge in [-0.1, -0.05) is 12.1 Å². The maximum absolute atomic E-state index is 11.0. The van der Waals surface area contributed by atoms with Crippen LogP contribution in [0, 0.1) is 20.2 Å². The molecule has 0 unspecified atom stereocenters. The minimum Gasteiger partial charge on any atom is -0.258 e. The maximum atomic E-state index is 11.0. The quantitative estimate of drug-likeness (QED) is 0.397. The van der Waals surface area contributed by atoms with Gasteiger partial charge >= 0.3 is 0 Å². The first-order chi connectivity index (χ1) is 12.5. The van der Waals surface area contributed by atoms with Crippen LogP contribution in [0.5, 0.6) is 0 Å². The third kappa shape index (κ3) is 3.87. The highest BCUT2D eigenvalue weighted by Crippen LogP contribution is 2.26. The summed E-state index contributed by atoms with van der Waals surface area (Å²) < 4.78 is 0. The minimum absolute atomic E-state index is 0.0105. The first-order valence-electron chi connectivity index (χ1n) is 7.27. The number of aromatic nitrogens is 1. The third-order valence-electron chi connectivity index (χ3n) is 3.38. The normalized spacial score (nSPS) is 10.8. The van der Waals surface area contributed by atoms with Crippen LogP contribution in [0.15, 0.2) is 59.0 Å². The van der Waals surface area contributed by atoms with Gasteiger partial charge in [0.2, 0.25) is 5.13 Å². The van der Waals surface area contributed by atoms with E-state index in [1.807, 2.05) is 0 Å². The van der Waals surface area contributed by atoms with Gasteiger partial charge in [-0.2, -0.15) is 5.10 Å². The average Bonchev–Trinajstić information content (AvgIpc) is 3.11. The van der Waals surface area contributed by atoms with E-state index in [1.54, 1.807) is 35.7 Å². The average molecular weight is 369 g/mol. The van der Waals surface area contributed by atoms with E-state index >= 15 is 0 Å². The molecule has 10 heteroatoms. The molecular weight excluding hydrogens is 358 g/mol. The van der Waals surface area contributed by atoms with E-state index < -0.39 is 9.85 Å². The summed E-state index contributed by atoms with van der Waals surface area (Å²) in [6, 6.07) is 12.3. The Kier molecular flexibility index (Phi) is 4.94. The van der Waals surface area contributed by atoms with Crippen molar-refractivity contribution in [3.8, 4) is 11.3 Å². The number of thiazole rings is 1. The van der Waals surface area contributed by atoms with Gasteiger partial charge in [-0.15, -0.1) is 11.3 Å². The van der Waals surface area contributed by atoms with Crippen LogP contribution in [0.2, 0.25) is 0 Å². The van der Waals surface area contributed by atoms with E-state index in [4.69, 9.17) is 0 Å². The molecule has 3 rings (SSSR count). The van der Waals surface area contributed by atoms with Crippen LogP contribution in [0.25, 0.3) is 11.3 Å². The summed E-state index contributed by atoms with van der Waals surface area (Å²) in [6.07, 6.45) is 1.35. The molecule has 1 N–H and O–H groups in total. The van der Waals surface area contributed by atoms with Crippen LogP contribution in [0.4, 0.5) is 16.5 Å². The van der Waals surface area contributed by atoms with Crippen molar-refractivity contribution < 1.29 is 9.85 Å². The number of hydrogen-bond donors (Lipinski definition) is 1. The van der Waals surface area contributed by atoms with E-state index in [-0.39, 0.29) is 11.4 Å². The lowest BCUT2D eigenvalue weighted by molar-refractivity contribution is -0.385. The monoisotopic (exact) mass is 369 g/mol. The fourth-order valence-corrected chi connectivity index (χ4v) is 2.80. The molecule has 0 bridgehead atoms. The highest BCUT2D eigenvalue weighted by molar-refractivity contribution is 7.14. The zero-order chi connectivity index (χ0) is 18.5. The number of rotatable bonds is 6. The molecule has 0 atom stereocenters. The van der Waals surface area contributed by atoms with Gasteiger partial charge in [-0.25, -0.2) is 4.98 Å². The molecule has 0 saturated heterocycles. The number of para-hydroxylation sites is 1. The Morgan fingerprint density at radius 1 is 1.04 bits per heavy atom. The number of nitro groups is 2. The predicted octanol–water partition coefficient (Wildman–Crippen LogP) is 4.07. The minimum atomic E-state index is -0.475. The highest BCUT2D eigenvalue weighted by atomic mass is 32.1. The fraction of sp³-hybridized carbons (Fsp3) is 0. The summed E-state index contributed by atoms with van der Waals surface area (Å²) in [7, 11) is 0. The van der Waals surface area contributed by atoms with Crippen LogP contribution in [0.1, 0.15) is 5.56 Å². The van der Waals surface area contributed by atoms with Crippen molar-refractivity contribution in [1.82, 2.24) is 4.98 Å². The van der Waals surface area contributed by atoms with Crippen molar-refractivity contribution in [3.63, 3.8) is 0 Å². The molecule has 0 aliphatic heterocycles. The standard InChI is InChI=1S/C16H11N5O4S/c22-20(23)13-7-5-11(6-8-13)14-10-26-16(18-14)19-17-9-12-3-1-2-4-15(12)21(24)25/h1-10H,(H,18,19)/b17-9-. The Balaban J connectivity index is 1.71. The van der Waals surface area contributed by atoms with Gasteiger partial charge < -0.3 is 0 Å². The van der Waals surface area contributed by atoms with Crippen molar-refractivity contribution in [1.29, 1.82) is 0 Å². The number of non-ortho nitro benzene ring substituents is 1. The summed E-state index contributed by atoms with van der Waals surface area (Å²) in [4.78, 5) is 25.0. The van der Waals surface area contributed by atoms with Crippen LogP contribution >= 0.6 is 11.3 Å². The predicted molar refractivity (Wildman–Crippen MR) is 98.5 cm³/mol. The summed E-state index contributed by atoms with van der Waals surface area (Å²) in [5, 5.41) is 27.9. The number of nitro benzene ring substituents is 2. The van der Waals surface area contributed by atoms with Crippen LogP contribution in [0.3, 0.4) is 0 Å². The van der Waals surface area contributed by atoms with Gasteiger partial charge in [0.15, 0.2) is 0 Å². The SMILES string of the molecule is O=[N+]([O-])c1ccc(-c2csc(N/N=C\c3ccccc3[N+](=O)[O-])n2)cc1. The molecule has 2 aromatic carbocycles. The van der Waals surface area contributed by atoms with E-state index in [9.17, 15) is 20.2 Å². The number of nitrogens with one attached hydrogen (secondary N) is 1. The van der Waals surface area contributed by atoms with Gasteiger partial charge in [0.1, 0.15) is 0 Å². The van der Waals surface area contributed by atoms with Crippen LogP contribution in [-0.4, -0.2) is 21.0 Å². The van der Waals surface area contributed by atoms with Crippen LogP contribution in [-0.2, 0) is 0 Å². The first-order valence-corrected chi connectivity index (χ1v) is 8.15. The molecule has 0 fully saturated rings. The maximum Gasteiger partial charge on any atom is 0.278 e. The second-order valence-corrected chi connectivity index (χ2v) is 5.89. The number of hydrazone groups is 1. The molecule has 0 saturated carbocycles. The summed E-state index contributed by atoms with van der Waals surface area (Å²) in [5.74, 6) is 0. The van der Waals surface area contributed by atoms with Crippen molar-refractivity contribution in [3.05, 3.63) is 79.7 Å². The van der Waals surface area contributed by atoms with Gasteiger partial charge in [-0.3, -0.25) is 25.7 Å². The lowest BCUT2D eigenvalue weighted by atomic mass is 10.1. The van der Waals surface area contributed by atoms with E-state index in [0.29, 0.717) is 16.4 Å². The van der Waals surface area contributed by atoms with Gasteiger partial charge in [0, 0.05) is 29.1 Å². The Labute approximate surface area is 150 Å². The second kappa shape index (κ2) is 7.49. The molecule has 26 heavy (non-hydrogen) atoms. The van der Waals surface area contributed by atoms with Crippen molar-refractivity contribution in [2.45, 2.75) is 0 Å². The first kappa shape index (κ1) is 17.2. The smallest absolute Gasteiger partial charge is 0.258 e. The van der Waals surface area contributed by atoms with Crippen molar-refractivity contribution in [2.24, 2.45) is 5.10 Å². The molecule has 0 aliphatic rings. The molecule has 3 aromatic rings. The van der Waals surface area contributed by atoms with E-state index in [2.05, 4.69) is 15.5 Å². The Hall–Kier alpha value is -3.66. The molecule has 0 radical (unpaired) electrons. The number of anilines is 1. The molecule has 1 heterocycles. The molecular formula is C16H11N5O4S. The van der Waals surface area contributed by atoms with Gasteiger partial charge in [0.05, 0.1) is 27.3 Å². The zero-order valence-corrected chi connectivity index (χ0v) is 13.9. The molecule has 0 aliphatic carbocycles.